The van der Waals surface area contributed by atoms with Gasteiger partial charge in [-0.05, 0) is 24.3 Å². The van der Waals surface area contributed by atoms with Crippen LogP contribution in [0.5, 0.6) is 0 Å². The zero-order valence-corrected chi connectivity index (χ0v) is 10.1. The van der Waals surface area contributed by atoms with Gasteiger partial charge in [0, 0.05) is 18.9 Å². The number of benzene rings is 1. The first-order valence-corrected chi connectivity index (χ1v) is 5.41. The van der Waals surface area contributed by atoms with E-state index in [9.17, 15) is 9.59 Å². The van der Waals surface area contributed by atoms with Gasteiger partial charge >= 0.3 is 5.97 Å². The van der Waals surface area contributed by atoms with Crippen molar-refractivity contribution in [2.45, 2.75) is 0 Å². The van der Waals surface area contributed by atoms with Crippen LogP contribution < -0.4 is 11.1 Å². The summed E-state index contributed by atoms with van der Waals surface area (Å²) in [6, 6.07) is 5.72. The molecule has 98 valence electrons. The number of anilines is 2. The summed E-state index contributed by atoms with van der Waals surface area (Å²) in [6.07, 6.45) is 1.62. The maximum Gasteiger partial charge on any atom is 0.337 e. The first kappa shape index (κ1) is 12.6. The van der Waals surface area contributed by atoms with Crippen molar-refractivity contribution in [2.24, 2.45) is 7.05 Å². The Labute approximate surface area is 108 Å². The predicted molar refractivity (Wildman–Crippen MR) is 69.0 cm³/mol. The zero-order valence-electron chi connectivity index (χ0n) is 10.1. The molecule has 2 rings (SSSR count). The van der Waals surface area contributed by atoms with Crippen molar-refractivity contribution in [3.8, 4) is 0 Å². The summed E-state index contributed by atoms with van der Waals surface area (Å²) in [5.41, 5.74) is 6.25. The van der Waals surface area contributed by atoms with Crippen molar-refractivity contribution < 1.29 is 14.7 Å². The molecule has 0 fully saturated rings. The van der Waals surface area contributed by atoms with Gasteiger partial charge in [0.2, 0.25) is 0 Å². The number of hydrogen-bond acceptors (Lipinski definition) is 4. The third-order valence-corrected chi connectivity index (χ3v) is 2.47. The average molecular weight is 260 g/mol. The molecular formula is C12H12N4O3. The average Bonchev–Trinajstić information content (AvgIpc) is 2.75. The Hall–Kier alpha value is -2.83. The van der Waals surface area contributed by atoms with Crippen molar-refractivity contribution in [1.82, 2.24) is 9.78 Å². The molecule has 4 N–H and O–H groups in total. The van der Waals surface area contributed by atoms with E-state index in [-0.39, 0.29) is 16.9 Å². The van der Waals surface area contributed by atoms with Crippen LogP contribution in [0.2, 0.25) is 0 Å². The number of hydrogen-bond donors (Lipinski definition) is 3. The van der Waals surface area contributed by atoms with E-state index in [0.717, 1.165) is 0 Å². The Balaban J connectivity index is 2.30. The monoisotopic (exact) mass is 260 g/mol. The Morgan fingerprint density at radius 2 is 2.11 bits per heavy atom. The minimum atomic E-state index is -1.14. The highest BCUT2D eigenvalue weighted by molar-refractivity contribution is 6.07. The SMILES string of the molecule is Cn1ccc(C(=O)Nc2cc(N)ccc2C(=O)O)n1. The lowest BCUT2D eigenvalue weighted by Crippen LogP contribution is -2.16. The van der Waals surface area contributed by atoms with E-state index in [1.807, 2.05) is 0 Å². The van der Waals surface area contributed by atoms with Gasteiger partial charge in [0.25, 0.3) is 5.91 Å². The van der Waals surface area contributed by atoms with Gasteiger partial charge in [-0.25, -0.2) is 4.79 Å². The van der Waals surface area contributed by atoms with Crippen LogP contribution in [0.4, 0.5) is 11.4 Å². The predicted octanol–water partition coefficient (Wildman–Crippen LogP) is 0.953. The smallest absolute Gasteiger partial charge is 0.337 e. The molecule has 0 radical (unpaired) electrons. The number of nitrogens with two attached hydrogens (primary N) is 1. The number of carboxylic acids is 1. The Kier molecular flexibility index (Phi) is 3.19. The van der Waals surface area contributed by atoms with E-state index in [2.05, 4.69) is 10.4 Å². The molecule has 0 saturated carbocycles. The zero-order chi connectivity index (χ0) is 14.0. The maximum absolute atomic E-state index is 11.9. The topological polar surface area (TPSA) is 110 Å². The Morgan fingerprint density at radius 1 is 1.37 bits per heavy atom. The quantitative estimate of drug-likeness (QED) is 0.712. The van der Waals surface area contributed by atoms with Crippen LogP contribution in [-0.2, 0) is 7.05 Å². The second-order valence-electron chi connectivity index (χ2n) is 3.94. The highest BCUT2D eigenvalue weighted by Crippen LogP contribution is 2.20. The number of carbonyl (C=O) groups is 2. The standard InChI is InChI=1S/C12H12N4O3/c1-16-5-4-9(15-16)11(17)14-10-6-7(13)2-3-8(10)12(18)19/h2-6H,13H2,1H3,(H,14,17)(H,18,19). The van der Waals surface area contributed by atoms with Crippen LogP contribution >= 0.6 is 0 Å². The number of aromatic carboxylic acids is 1. The number of rotatable bonds is 3. The fourth-order valence-corrected chi connectivity index (χ4v) is 1.57. The minimum absolute atomic E-state index is 0.0292. The van der Waals surface area contributed by atoms with Gasteiger partial charge in [-0.3, -0.25) is 9.48 Å². The van der Waals surface area contributed by atoms with Gasteiger partial charge in [0.15, 0.2) is 5.69 Å². The minimum Gasteiger partial charge on any atom is -0.478 e. The molecule has 0 atom stereocenters. The van der Waals surface area contributed by atoms with Crippen molar-refractivity contribution in [1.29, 1.82) is 0 Å². The molecule has 0 unspecified atom stereocenters. The molecule has 7 heteroatoms. The van der Waals surface area contributed by atoms with Crippen LogP contribution in [0, 0.1) is 0 Å². The maximum atomic E-state index is 11.9. The molecule has 0 saturated heterocycles. The van der Waals surface area contributed by atoms with Gasteiger partial charge in [0.05, 0.1) is 11.3 Å². The van der Waals surface area contributed by atoms with Gasteiger partial charge in [0.1, 0.15) is 0 Å². The van der Waals surface area contributed by atoms with E-state index in [0.29, 0.717) is 5.69 Å². The number of amides is 1. The van der Waals surface area contributed by atoms with E-state index in [1.54, 1.807) is 13.2 Å². The summed E-state index contributed by atoms with van der Waals surface area (Å²) in [4.78, 5) is 22.9. The number of aryl methyl sites for hydroxylation is 1. The van der Waals surface area contributed by atoms with Crippen molar-refractivity contribution >= 4 is 23.3 Å². The normalized spacial score (nSPS) is 10.2. The molecule has 0 aliphatic heterocycles. The molecular weight excluding hydrogens is 248 g/mol. The molecule has 7 nitrogen and oxygen atoms in total. The van der Waals surface area contributed by atoms with E-state index in [4.69, 9.17) is 10.8 Å². The lowest BCUT2D eigenvalue weighted by Gasteiger charge is -2.08. The van der Waals surface area contributed by atoms with Gasteiger partial charge in [-0.1, -0.05) is 0 Å². The molecule has 1 heterocycles. The molecule has 2 aromatic rings. The lowest BCUT2D eigenvalue weighted by molar-refractivity contribution is 0.0698. The number of carbonyl (C=O) groups excluding carboxylic acids is 1. The fraction of sp³-hybridized carbons (Fsp3) is 0.0833. The fourth-order valence-electron chi connectivity index (χ4n) is 1.57. The first-order chi connectivity index (χ1) is 8.97. The molecule has 0 bridgehead atoms. The van der Waals surface area contributed by atoms with Crippen LogP contribution in [-0.4, -0.2) is 26.8 Å². The summed E-state index contributed by atoms with van der Waals surface area (Å²) in [6.45, 7) is 0. The summed E-state index contributed by atoms with van der Waals surface area (Å²) in [7, 11) is 1.68. The third kappa shape index (κ3) is 2.71. The van der Waals surface area contributed by atoms with Gasteiger partial charge in [-0.2, -0.15) is 5.10 Å². The lowest BCUT2D eigenvalue weighted by atomic mass is 10.1. The number of nitrogen functional groups attached to an aromatic ring is 1. The Bertz CT molecular complexity index is 648. The third-order valence-electron chi connectivity index (χ3n) is 2.47. The van der Waals surface area contributed by atoms with Crippen molar-refractivity contribution in [3.05, 3.63) is 41.7 Å². The molecule has 0 aliphatic rings. The van der Waals surface area contributed by atoms with Crippen molar-refractivity contribution in [3.63, 3.8) is 0 Å². The van der Waals surface area contributed by atoms with E-state index < -0.39 is 11.9 Å². The Morgan fingerprint density at radius 3 is 2.68 bits per heavy atom. The number of nitrogens with one attached hydrogen (secondary N) is 1. The van der Waals surface area contributed by atoms with Crippen molar-refractivity contribution in [2.75, 3.05) is 11.1 Å². The highest BCUT2D eigenvalue weighted by atomic mass is 16.4. The van der Waals surface area contributed by atoms with Crippen LogP contribution in [0.1, 0.15) is 20.8 Å². The number of aromatic nitrogens is 2. The summed E-state index contributed by atoms with van der Waals surface area (Å²) in [5.74, 6) is -1.63. The summed E-state index contributed by atoms with van der Waals surface area (Å²) >= 11 is 0. The second kappa shape index (κ2) is 4.81. The van der Waals surface area contributed by atoms with Gasteiger partial charge < -0.3 is 16.2 Å². The van der Waals surface area contributed by atoms with Crippen LogP contribution in [0.15, 0.2) is 30.5 Å². The largest absolute Gasteiger partial charge is 0.478 e. The van der Waals surface area contributed by atoms with Crippen LogP contribution in [0.25, 0.3) is 0 Å². The number of nitrogens with zero attached hydrogens (tertiary/aromatic N) is 2. The van der Waals surface area contributed by atoms with E-state index in [1.165, 1.54) is 28.9 Å². The molecule has 19 heavy (non-hydrogen) atoms. The molecule has 0 spiro atoms. The molecule has 1 aromatic carbocycles. The molecule has 1 aromatic heterocycles. The summed E-state index contributed by atoms with van der Waals surface area (Å²) < 4.78 is 1.48. The van der Waals surface area contributed by atoms with Crippen LogP contribution in [0.3, 0.4) is 0 Å². The second-order valence-corrected chi connectivity index (χ2v) is 3.94. The summed E-state index contributed by atoms with van der Waals surface area (Å²) in [5, 5.41) is 15.4. The van der Waals surface area contributed by atoms with E-state index >= 15 is 0 Å². The molecule has 0 aliphatic carbocycles. The molecule has 1 amide bonds. The van der Waals surface area contributed by atoms with Gasteiger partial charge in [-0.15, -0.1) is 0 Å². The first-order valence-electron chi connectivity index (χ1n) is 5.41. The number of carboxylic acid groups (broad SMARTS) is 1. The highest BCUT2D eigenvalue weighted by Gasteiger charge is 2.15.